The summed E-state index contributed by atoms with van der Waals surface area (Å²) in [4.78, 5) is 0. The van der Waals surface area contributed by atoms with Gasteiger partial charge in [-0.1, -0.05) is 72.5 Å². The van der Waals surface area contributed by atoms with Crippen LogP contribution in [0.4, 0.5) is 0 Å². The van der Waals surface area contributed by atoms with Crippen molar-refractivity contribution in [3.05, 3.63) is 71.8 Å². The molecule has 2 aromatic carbocycles. The van der Waals surface area contributed by atoms with Gasteiger partial charge in [-0.2, -0.15) is 0 Å². The molecule has 0 aliphatic carbocycles. The smallest absolute Gasteiger partial charge is 0.0899 e. The first kappa shape index (κ1) is 15.9. The molecule has 0 spiro atoms. The second-order valence-corrected chi connectivity index (χ2v) is 4.86. The molecule has 0 fully saturated rings. The lowest BCUT2D eigenvalue weighted by atomic mass is 10.1. The molecule has 0 bridgehead atoms. The van der Waals surface area contributed by atoms with Crippen molar-refractivity contribution >= 4 is 0 Å². The van der Waals surface area contributed by atoms with Gasteiger partial charge in [-0.15, -0.1) is 0 Å². The van der Waals surface area contributed by atoms with Gasteiger partial charge in [-0.05, 0) is 23.0 Å². The van der Waals surface area contributed by atoms with Gasteiger partial charge in [0.25, 0.3) is 0 Å². The zero-order valence-electron chi connectivity index (χ0n) is 12.2. The molecule has 0 saturated carbocycles. The van der Waals surface area contributed by atoms with E-state index in [1.54, 1.807) is 0 Å². The summed E-state index contributed by atoms with van der Waals surface area (Å²) in [6.45, 7) is 0. The molecule has 0 saturated heterocycles. The van der Waals surface area contributed by atoms with Gasteiger partial charge < -0.3 is 10.2 Å². The molecule has 0 aliphatic rings. The average Bonchev–Trinajstić information content (AvgIpc) is 2.59. The van der Waals surface area contributed by atoms with Gasteiger partial charge >= 0.3 is 0 Å². The third-order valence-electron chi connectivity index (χ3n) is 3.20. The fourth-order valence-corrected chi connectivity index (χ4v) is 1.97. The highest BCUT2D eigenvalue weighted by molar-refractivity contribution is 5.28. The summed E-state index contributed by atoms with van der Waals surface area (Å²) in [6, 6.07) is 18.8. The Labute approximate surface area is 131 Å². The lowest BCUT2D eigenvalue weighted by molar-refractivity contribution is 0.183. The largest absolute Gasteiger partial charge is 0.387 e. The van der Waals surface area contributed by atoms with Gasteiger partial charge in [-0.25, -0.2) is 0 Å². The summed E-state index contributed by atoms with van der Waals surface area (Å²) in [6.07, 6.45) is -0.490. The molecular weight excluding hydrogens is 272 g/mol. The minimum atomic E-state index is -0.592. The molecule has 0 amide bonds. The maximum atomic E-state index is 9.92. The van der Waals surface area contributed by atoms with Crippen LogP contribution in [0.5, 0.6) is 0 Å². The molecule has 0 aromatic heterocycles. The van der Waals surface area contributed by atoms with Crippen LogP contribution in [0, 0.1) is 23.7 Å². The molecule has 2 N–H and O–H groups in total. The predicted molar refractivity (Wildman–Crippen MR) is 87.6 cm³/mol. The highest BCUT2D eigenvalue weighted by Crippen LogP contribution is 2.15. The maximum Gasteiger partial charge on any atom is 0.0899 e. The van der Waals surface area contributed by atoms with Gasteiger partial charge in [0, 0.05) is 12.8 Å². The fraction of sp³-hybridized carbons (Fsp3) is 0.200. The highest BCUT2D eigenvalue weighted by atomic mass is 16.3. The van der Waals surface area contributed by atoms with Crippen molar-refractivity contribution in [2.45, 2.75) is 25.0 Å². The Morgan fingerprint density at radius 2 is 1.00 bits per heavy atom. The number of aliphatic hydroxyl groups excluding tert-OH is 2. The summed E-state index contributed by atoms with van der Waals surface area (Å²) in [5.74, 6) is 11.1. The molecule has 0 radical (unpaired) electrons. The molecule has 2 heteroatoms. The third kappa shape index (κ3) is 5.11. The Morgan fingerprint density at radius 1 is 0.636 bits per heavy atom. The Hall–Kier alpha value is -2.52. The molecule has 2 nitrogen and oxygen atoms in total. The second-order valence-electron chi connectivity index (χ2n) is 4.86. The van der Waals surface area contributed by atoms with E-state index in [4.69, 9.17) is 0 Å². The van der Waals surface area contributed by atoms with E-state index in [9.17, 15) is 10.2 Å². The van der Waals surface area contributed by atoms with Crippen LogP contribution in [0.25, 0.3) is 0 Å². The van der Waals surface area contributed by atoms with E-state index < -0.39 is 12.2 Å². The molecular formula is C20H18O2. The molecule has 2 aromatic rings. The normalized spacial score (nSPS) is 12.3. The van der Waals surface area contributed by atoms with Crippen molar-refractivity contribution in [1.82, 2.24) is 0 Å². The number of rotatable bonds is 4. The topological polar surface area (TPSA) is 40.5 Å². The SMILES string of the molecule is OC(CC#CC#CCC(O)c1ccccc1)c1ccccc1. The Balaban J connectivity index is 1.80. The van der Waals surface area contributed by atoms with E-state index in [0.717, 1.165) is 11.1 Å². The van der Waals surface area contributed by atoms with Crippen LogP contribution in [0.2, 0.25) is 0 Å². The Bertz CT molecular complexity index is 621. The molecule has 22 heavy (non-hydrogen) atoms. The summed E-state index contributed by atoms with van der Waals surface area (Å²) in [5.41, 5.74) is 1.70. The summed E-state index contributed by atoms with van der Waals surface area (Å²) < 4.78 is 0. The predicted octanol–water partition coefficient (Wildman–Crippen LogP) is 3.24. The van der Waals surface area contributed by atoms with Gasteiger partial charge in [0.15, 0.2) is 0 Å². The van der Waals surface area contributed by atoms with Crippen molar-refractivity contribution in [2.24, 2.45) is 0 Å². The summed E-state index contributed by atoms with van der Waals surface area (Å²) in [7, 11) is 0. The molecule has 110 valence electrons. The quantitative estimate of drug-likeness (QED) is 0.849. The van der Waals surface area contributed by atoms with Crippen LogP contribution in [-0.4, -0.2) is 10.2 Å². The highest BCUT2D eigenvalue weighted by Gasteiger charge is 2.04. The molecule has 2 rings (SSSR count). The van der Waals surface area contributed by atoms with Crippen LogP contribution >= 0.6 is 0 Å². The van der Waals surface area contributed by atoms with E-state index in [1.807, 2.05) is 60.7 Å². The maximum absolute atomic E-state index is 9.92. The minimum absolute atomic E-state index is 0.347. The van der Waals surface area contributed by atoms with Gasteiger partial charge in [-0.3, -0.25) is 0 Å². The van der Waals surface area contributed by atoms with Crippen molar-refractivity contribution in [1.29, 1.82) is 0 Å². The average molecular weight is 290 g/mol. The van der Waals surface area contributed by atoms with Crippen LogP contribution in [0.3, 0.4) is 0 Å². The van der Waals surface area contributed by atoms with Crippen LogP contribution in [0.15, 0.2) is 60.7 Å². The summed E-state index contributed by atoms with van der Waals surface area (Å²) >= 11 is 0. The van der Waals surface area contributed by atoms with Gasteiger partial charge in [0.1, 0.15) is 0 Å². The van der Waals surface area contributed by atoms with Gasteiger partial charge in [0.2, 0.25) is 0 Å². The first-order valence-corrected chi connectivity index (χ1v) is 7.19. The van der Waals surface area contributed by atoms with E-state index in [0.29, 0.717) is 12.8 Å². The van der Waals surface area contributed by atoms with Crippen molar-refractivity contribution < 1.29 is 10.2 Å². The molecule has 2 unspecified atom stereocenters. The third-order valence-corrected chi connectivity index (χ3v) is 3.20. The van der Waals surface area contributed by atoms with Crippen molar-refractivity contribution in [2.75, 3.05) is 0 Å². The first-order valence-electron chi connectivity index (χ1n) is 7.19. The van der Waals surface area contributed by atoms with Crippen molar-refractivity contribution in [3.8, 4) is 23.7 Å². The lowest BCUT2D eigenvalue weighted by Gasteiger charge is -2.05. The fourth-order valence-electron chi connectivity index (χ4n) is 1.97. The second kappa shape index (κ2) is 8.70. The number of aliphatic hydroxyl groups is 2. The minimum Gasteiger partial charge on any atom is -0.387 e. The number of benzene rings is 2. The first-order chi connectivity index (χ1) is 10.8. The van der Waals surface area contributed by atoms with Crippen LogP contribution < -0.4 is 0 Å². The Morgan fingerprint density at radius 3 is 1.36 bits per heavy atom. The van der Waals surface area contributed by atoms with E-state index >= 15 is 0 Å². The zero-order valence-corrected chi connectivity index (χ0v) is 12.2. The van der Waals surface area contributed by atoms with Crippen LogP contribution in [0.1, 0.15) is 36.2 Å². The van der Waals surface area contributed by atoms with E-state index in [-0.39, 0.29) is 0 Å². The van der Waals surface area contributed by atoms with Crippen molar-refractivity contribution in [3.63, 3.8) is 0 Å². The molecule has 2 atom stereocenters. The molecule has 0 aliphatic heterocycles. The standard InChI is InChI=1S/C20H18O2/c21-19(17-11-5-3-6-12-17)15-9-1-2-10-16-20(22)18-13-7-4-8-14-18/h3-8,11-14,19-22H,15-16H2. The van der Waals surface area contributed by atoms with Gasteiger partial charge in [0.05, 0.1) is 12.2 Å². The van der Waals surface area contributed by atoms with Crippen LogP contribution in [-0.2, 0) is 0 Å². The number of hydrogen-bond donors (Lipinski definition) is 2. The zero-order chi connectivity index (χ0) is 15.6. The Kier molecular flexibility index (Phi) is 6.27. The lowest BCUT2D eigenvalue weighted by Crippen LogP contribution is -1.95. The van der Waals surface area contributed by atoms with E-state index in [2.05, 4.69) is 23.7 Å². The monoisotopic (exact) mass is 290 g/mol. The summed E-state index contributed by atoms with van der Waals surface area (Å²) in [5, 5.41) is 19.8. The van der Waals surface area contributed by atoms with E-state index in [1.165, 1.54) is 0 Å². The number of hydrogen-bond acceptors (Lipinski definition) is 2. The molecule has 0 heterocycles.